The molecule has 2 rings (SSSR count). The molecule has 0 saturated carbocycles. The van der Waals surface area contributed by atoms with E-state index < -0.39 is 10.0 Å². The third-order valence-corrected chi connectivity index (χ3v) is 6.46. The molecule has 1 aromatic carbocycles. The minimum atomic E-state index is -3.49. The van der Waals surface area contributed by atoms with Crippen LogP contribution in [0.15, 0.2) is 27.6 Å². The van der Waals surface area contributed by atoms with Gasteiger partial charge in [0.25, 0.3) is 0 Å². The van der Waals surface area contributed by atoms with Gasteiger partial charge in [-0.15, -0.1) is 0 Å². The van der Waals surface area contributed by atoms with E-state index in [2.05, 4.69) is 21.2 Å². The van der Waals surface area contributed by atoms with Crippen molar-refractivity contribution in [3.63, 3.8) is 0 Å². The topological polar surface area (TPSA) is 58.6 Å². The van der Waals surface area contributed by atoms with Gasteiger partial charge in [0.15, 0.2) is 0 Å². The molecule has 1 fully saturated rings. The number of sulfonamides is 1. The van der Waals surface area contributed by atoms with Gasteiger partial charge in [0.2, 0.25) is 10.0 Å². The lowest BCUT2D eigenvalue weighted by atomic mass is 10.2. The highest BCUT2D eigenvalue weighted by atomic mass is 79.9. The number of nitrogens with zero attached hydrogens (tertiary/aromatic N) is 1. The van der Waals surface area contributed by atoms with Gasteiger partial charge >= 0.3 is 0 Å². The highest BCUT2D eigenvalue weighted by Gasteiger charge is 2.32. The summed E-state index contributed by atoms with van der Waals surface area (Å²) in [7, 11) is -3.49. The molecular weight excluding hydrogens is 356 g/mol. The lowest BCUT2D eigenvalue weighted by Gasteiger charge is -2.32. The van der Waals surface area contributed by atoms with Crippen LogP contribution in [0.2, 0.25) is 0 Å². The first-order valence-electron chi connectivity index (χ1n) is 7.05. The molecule has 1 unspecified atom stereocenters. The molecule has 1 atom stereocenters. The monoisotopic (exact) mass is 376 g/mol. The van der Waals surface area contributed by atoms with Gasteiger partial charge < -0.3 is 10.1 Å². The Morgan fingerprint density at radius 3 is 2.86 bits per heavy atom. The summed E-state index contributed by atoms with van der Waals surface area (Å²) >= 11 is 3.40. The van der Waals surface area contributed by atoms with E-state index >= 15 is 0 Å². The van der Waals surface area contributed by atoms with E-state index in [1.54, 1.807) is 6.07 Å². The van der Waals surface area contributed by atoms with Crippen LogP contribution in [-0.4, -0.2) is 45.1 Å². The third-order valence-electron chi connectivity index (χ3n) is 3.47. The lowest BCUT2D eigenvalue weighted by Crippen LogP contribution is -2.47. The lowest BCUT2D eigenvalue weighted by molar-refractivity contribution is 0.0392. The fourth-order valence-corrected chi connectivity index (χ4v) is 5.02. The normalized spacial score (nSPS) is 20.6. The highest BCUT2D eigenvalue weighted by molar-refractivity contribution is 9.10. The van der Waals surface area contributed by atoms with E-state index in [-0.39, 0.29) is 6.04 Å². The van der Waals surface area contributed by atoms with E-state index in [4.69, 9.17) is 4.74 Å². The maximum absolute atomic E-state index is 12.8. The summed E-state index contributed by atoms with van der Waals surface area (Å²) in [4.78, 5) is 0.316. The van der Waals surface area contributed by atoms with E-state index in [1.165, 1.54) is 4.31 Å². The number of rotatable bonds is 5. The second-order valence-corrected chi connectivity index (χ2v) is 7.80. The van der Waals surface area contributed by atoms with Crippen molar-refractivity contribution in [1.29, 1.82) is 0 Å². The molecule has 1 aromatic rings. The van der Waals surface area contributed by atoms with Crippen molar-refractivity contribution in [3.05, 3.63) is 28.2 Å². The maximum Gasteiger partial charge on any atom is 0.244 e. The molecule has 0 bridgehead atoms. The van der Waals surface area contributed by atoms with E-state index in [0.717, 1.165) is 18.7 Å². The van der Waals surface area contributed by atoms with E-state index in [0.29, 0.717) is 29.1 Å². The summed E-state index contributed by atoms with van der Waals surface area (Å²) in [5, 5.41) is 3.22. The van der Waals surface area contributed by atoms with Crippen LogP contribution in [0.4, 0.5) is 0 Å². The maximum atomic E-state index is 12.8. The molecule has 21 heavy (non-hydrogen) atoms. The van der Waals surface area contributed by atoms with Gasteiger partial charge in [-0.05, 0) is 47.1 Å². The van der Waals surface area contributed by atoms with Crippen LogP contribution in [0, 0.1) is 0 Å². The average molecular weight is 377 g/mol. The smallest absolute Gasteiger partial charge is 0.244 e. The molecule has 0 amide bonds. The van der Waals surface area contributed by atoms with Crippen LogP contribution >= 0.6 is 15.9 Å². The molecule has 5 nitrogen and oxygen atoms in total. The predicted molar refractivity (Wildman–Crippen MR) is 85.7 cm³/mol. The van der Waals surface area contributed by atoms with Crippen molar-refractivity contribution in [1.82, 2.24) is 9.62 Å². The minimum absolute atomic E-state index is 0.142. The Kier molecular flexibility index (Phi) is 5.79. The van der Waals surface area contributed by atoms with Crippen LogP contribution in [0.25, 0.3) is 0 Å². The van der Waals surface area contributed by atoms with Crippen LogP contribution in [0.1, 0.15) is 19.4 Å². The number of nitrogens with one attached hydrogen (secondary N) is 1. The first-order valence-corrected chi connectivity index (χ1v) is 9.29. The molecule has 7 heteroatoms. The van der Waals surface area contributed by atoms with Crippen molar-refractivity contribution in [2.24, 2.45) is 0 Å². The average Bonchev–Trinajstić information content (AvgIpc) is 2.45. The van der Waals surface area contributed by atoms with E-state index in [9.17, 15) is 8.42 Å². The fourth-order valence-electron chi connectivity index (χ4n) is 2.33. The summed E-state index contributed by atoms with van der Waals surface area (Å²) in [6.07, 6.45) is 0. The fraction of sp³-hybridized carbons (Fsp3) is 0.571. The van der Waals surface area contributed by atoms with Crippen LogP contribution in [-0.2, 0) is 21.3 Å². The van der Waals surface area contributed by atoms with Gasteiger partial charge in [-0.2, -0.15) is 4.31 Å². The predicted octanol–water partition coefficient (Wildman–Crippen LogP) is 1.97. The standard InChI is InChI=1S/C14H21BrN2O3S/c1-3-16-9-12-4-5-14(13(15)8-12)21(18,19)17-6-7-20-10-11(17)2/h4-5,8,11,16H,3,6-7,9-10H2,1-2H3. The van der Waals surface area contributed by atoms with Gasteiger partial charge in [0.1, 0.15) is 0 Å². The van der Waals surface area contributed by atoms with Crippen LogP contribution < -0.4 is 5.32 Å². The number of benzene rings is 1. The molecule has 1 aliphatic heterocycles. The van der Waals surface area contributed by atoms with E-state index in [1.807, 2.05) is 26.0 Å². The largest absolute Gasteiger partial charge is 0.378 e. The summed E-state index contributed by atoms with van der Waals surface area (Å²) in [6, 6.07) is 5.25. The van der Waals surface area contributed by atoms with Crippen molar-refractivity contribution in [2.75, 3.05) is 26.3 Å². The van der Waals surface area contributed by atoms with Crippen LogP contribution in [0.3, 0.4) is 0 Å². The first-order chi connectivity index (χ1) is 9.96. The van der Waals surface area contributed by atoms with Gasteiger partial charge in [-0.1, -0.05) is 13.0 Å². The number of morpholine rings is 1. The quantitative estimate of drug-likeness (QED) is 0.853. The highest BCUT2D eigenvalue weighted by Crippen LogP contribution is 2.28. The molecule has 1 heterocycles. The molecule has 1 aliphatic rings. The van der Waals surface area contributed by atoms with Gasteiger partial charge in [0.05, 0.1) is 18.1 Å². The summed E-state index contributed by atoms with van der Waals surface area (Å²) < 4.78 is 33.0. The summed E-state index contributed by atoms with van der Waals surface area (Å²) in [5.74, 6) is 0. The minimum Gasteiger partial charge on any atom is -0.378 e. The molecular formula is C14H21BrN2O3S. The molecule has 0 aromatic heterocycles. The number of hydrogen-bond donors (Lipinski definition) is 1. The number of halogens is 1. The van der Waals surface area contributed by atoms with Gasteiger partial charge in [-0.25, -0.2) is 8.42 Å². The first kappa shape index (κ1) is 16.9. The molecule has 0 radical (unpaired) electrons. The second kappa shape index (κ2) is 7.19. The zero-order valence-corrected chi connectivity index (χ0v) is 14.7. The zero-order valence-electron chi connectivity index (χ0n) is 12.3. The van der Waals surface area contributed by atoms with Crippen molar-refractivity contribution < 1.29 is 13.2 Å². The van der Waals surface area contributed by atoms with Gasteiger partial charge in [0, 0.05) is 23.6 Å². The Balaban J connectivity index is 2.27. The Morgan fingerprint density at radius 1 is 1.48 bits per heavy atom. The van der Waals surface area contributed by atoms with Crippen molar-refractivity contribution >= 4 is 26.0 Å². The number of ether oxygens (including phenoxy) is 1. The summed E-state index contributed by atoms with van der Waals surface area (Å²) in [6.45, 7) is 6.79. The Labute approximate surface area is 134 Å². The molecule has 118 valence electrons. The SMILES string of the molecule is CCNCc1ccc(S(=O)(=O)N2CCOCC2C)c(Br)c1. The molecule has 0 aliphatic carbocycles. The Hall–Kier alpha value is -0.470. The third kappa shape index (κ3) is 3.84. The molecule has 0 spiro atoms. The van der Waals surface area contributed by atoms with Gasteiger partial charge in [-0.3, -0.25) is 0 Å². The Bertz CT molecular complexity index is 592. The summed E-state index contributed by atoms with van der Waals surface area (Å²) in [5.41, 5.74) is 1.05. The zero-order chi connectivity index (χ0) is 15.5. The molecule has 1 saturated heterocycles. The van der Waals surface area contributed by atoms with Crippen molar-refractivity contribution in [2.45, 2.75) is 31.3 Å². The van der Waals surface area contributed by atoms with Crippen LogP contribution in [0.5, 0.6) is 0 Å². The second-order valence-electron chi connectivity index (χ2n) is 5.08. The number of hydrogen-bond acceptors (Lipinski definition) is 4. The van der Waals surface area contributed by atoms with Crippen molar-refractivity contribution in [3.8, 4) is 0 Å². The molecule has 1 N–H and O–H groups in total. The Morgan fingerprint density at radius 2 is 2.24 bits per heavy atom.